The van der Waals surface area contributed by atoms with Crippen LogP contribution in [0.25, 0.3) is 0 Å². The highest BCUT2D eigenvalue weighted by atomic mass is 79.9. The molecule has 1 heterocycles. The zero-order valence-electron chi connectivity index (χ0n) is 12.5. The van der Waals surface area contributed by atoms with Gasteiger partial charge in [-0.1, -0.05) is 41.6 Å². The van der Waals surface area contributed by atoms with Crippen molar-refractivity contribution in [1.82, 2.24) is 4.90 Å². The molecular weight excluding hydrogens is 302 g/mol. The molecule has 19 heavy (non-hydrogen) atoms. The van der Waals surface area contributed by atoms with Crippen LogP contribution in [-0.4, -0.2) is 40.6 Å². The Morgan fingerprint density at radius 2 is 1.63 bits per heavy atom. The SMILES string of the molecule is CC1(O)CCCN(CC2(CBr)CCCCCC2)CC1. The number of aliphatic hydroxyl groups is 1. The second-order valence-corrected chi connectivity index (χ2v) is 7.74. The molecular formula is C16H30BrNO. The Morgan fingerprint density at radius 3 is 2.26 bits per heavy atom. The lowest BCUT2D eigenvalue weighted by atomic mass is 9.82. The minimum absolute atomic E-state index is 0.431. The van der Waals surface area contributed by atoms with Crippen LogP contribution in [0.4, 0.5) is 0 Å². The summed E-state index contributed by atoms with van der Waals surface area (Å²) in [7, 11) is 0. The molecule has 112 valence electrons. The van der Waals surface area contributed by atoms with Gasteiger partial charge in [-0.25, -0.2) is 0 Å². The van der Waals surface area contributed by atoms with Crippen LogP contribution in [0, 0.1) is 5.41 Å². The van der Waals surface area contributed by atoms with E-state index in [4.69, 9.17) is 0 Å². The third kappa shape index (κ3) is 4.71. The molecule has 2 nitrogen and oxygen atoms in total. The molecule has 1 saturated carbocycles. The second-order valence-electron chi connectivity index (χ2n) is 7.17. The summed E-state index contributed by atoms with van der Waals surface area (Å²) in [4.78, 5) is 2.62. The van der Waals surface area contributed by atoms with Crippen molar-refractivity contribution in [1.29, 1.82) is 0 Å². The predicted octanol–water partition coefficient (Wildman–Crippen LogP) is 3.96. The molecule has 1 unspecified atom stereocenters. The van der Waals surface area contributed by atoms with E-state index in [1.165, 1.54) is 51.6 Å². The van der Waals surface area contributed by atoms with E-state index >= 15 is 0 Å². The molecule has 0 spiro atoms. The molecule has 0 aromatic carbocycles. The standard InChI is InChI=1S/C16H30BrNO/c1-15(19)7-6-11-18(12-10-15)14-16(13-17)8-4-2-3-5-9-16/h19H,2-14H2,1H3. The summed E-state index contributed by atoms with van der Waals surface area (Å²) in [6.07, 6.45) is 11.4. The van der Waals surface area contributed by atoms with Crippen molar-refractivity contribution in [3.05, 3.63) is 0 Å². The number of likely N-dealkylation sites (tertiary alicyclic amines) is 1. The van der Waals surface area contributed by atoms with E-state index in [1.54, 1.807) is 0 Å². The van der Waals surface area contributed by atoms with Crippen molar-refractivity contribution >= 4 is 15.9 Å². The molecule has 0 amide bonds. The lowest BCUT2D eigenvalue weighted by Crippen LogP contribution is -2.40. The molecule has 0 aromatic heterocycles. The van der Waals surface area contributed by atoms with Crippen LogP contribution in [0.3, 0.4) is 0 Å². The van der Waals surface area contributed by atoms with Crippen LogP contribution < -0.4 is 0 Å². The van der Waals surface area contributed by atoms with Crippen LogP contribution >= 0.6 is 15.9 Å². The summed E-state index contributed by atoms with van der Waals surface area (Å²) in [5.74, 6) is 0. The number of hydrogen-bond donors (Lipinski definition) is 1. The minimum Gasteiger partial charge on any atom is -0.390 e. The van der Waals surface area contributed by atoms with Gasteiger partial charge < -0.3 is 10.0 Å². The predicted molar refractivity (Wildman–Crippen MR) is 84.8 cm³/mol. The Labute approximate surface area is 127 Å². The maximum atomic E-state index is 10.2. The summed E-state index contributed by atoms with van der Waals surface area (Å²) >= 11 is 3.80. The second kappa shape index (κ2) is 6.91. The first-order chi connectivity index (χ1) is 9.05. The van der Waals surface area contributed by atoms with Gasteiger partial charge in [0, 0.05) is 18.4 Å². The van der Waals surface area contributed by atoms with Crippen LogP contribution in [0.1, 0.15) is 64.7 Å². The molecule has 1 atom stereocenters. The highest BCUT2D eigenvalue weighted by molar-refractivity contribution is 9.09. The van der Waals surface area contributed by atoms with Crippen LogP contribution in [-0.2, 0) is 0 Å². The topological polar surface area (TPSA) is 23.5 Å². The summed E-state index contributed by atoms with van der Waals surface area (Å²) in [6, 6.07) is 0. The van der Waals surface area contributed by atoms with Gasteiger partial charge in [-0.3, -0.25) is 0 Å². The fraction of sp³-hybridized carbons (Fsp3) is 1.00. The van der Waals surface area contributed by atoms with E-state index in [0.717, 1.165) is 31.1 Å². The average Bonchev–Trinajstić information content (AvgIpc) is 2.70. The van der Waals surface area contributed by atoms with E-state index in [2.05, 4.69) is 20.8 Å². The van der Waals surface area contributed by atoms with Crippen LogP contribution in [0.2, 0.25) is 0 Å². The highest BCUT2D eigenvalue weighted by Gasteiger charge is 2.33. The summed E-state index contributed by atoms with van der Waals surface area (Å²) in [6.45, 7) is 5.48. The fourth-order valence-corrected chi connectivity index (χ4v) is 4.50. The molecule has 1 aliphatic carbocycles. The van der Waals surface area contributed by atoms with Crippen molar-refractivity contribution in [2.24, 2.45) is 5.41 Å². The number of nitrogens with zero attached hydrogens (tertiary/aromatic N) is 1. The van der Waals surface area contributed by atoms with Crippen LogP contribution in [0.15, 0.2) is 0 Å². The summed E-state index contributed by atoms with van der Waals surface area (Å²) in [5.41, 5.74) is 0.0620. The minimum atomic E-state index is -0.431. The average molecular weight is 332 g/mol. The van der Waals surface area contributed by atoms with Gasteiger partial charge in [-0.05, 0) is 51.0 Å². The molecule has 3 heteroatoms. The van der Waals surface area contributed by atoms with Gasteiger partial charge in [0.15, 0.2) is 0 Å². The van der Waals surface area contributed by atoms with E-state index in [1.807, 2.05) is 6.92 Å². The van der Waals surface area contributed by atoms with E-state index in [-0.39, 0.29) is 0 Å². The normalized spacial score (nSPS) is 33.6. The molecule has 2 aliphatic rings. The van der Waals surface area contributed by atoms with E-state index < -0.39 is 5.60 Å². The molecule has 2 fully saturated rings. The summed E-state index contributed by atoms with van der Waals surface area (Å²) in [5, 5.41) is 11.4. The van der Waals surface area contributed by atoms with Crippen molar-refractivity contribution in [2.45, 2.75) is 70.3 Å². The van der Waals surface area contributed by atoms with Crippen molar-refractivity contribution in [3.8, 4) is 0 Å². The van der Waals surface area contributed by atoms with E-state index in [0.29, 0.717) is 5.41 Å². The lowest BCUT2D eigenvalue weighted by Gasteiger charge is -2.36. The zero-order chi connectivity index (χ0) is 13.8. The quantitative estimate of drug-likeness (QED) is 0.625. The molecule has 0 radical (unpaired) electrons. The monoisotopic (exact) mass is 331 g/mol. The first kappa shape index (κ1) is 15.8. The number of hydrogen-bond acceptors (Lipinski definition) is 2. The van der Waals surface area contributed by atoms with Crippen LogP contribution in [0.5, 0.6) is 0 Å². The number of alkyl halides is 1. The maximum Gasteiger partial charge on any atom is 0.0632 e. The Hall–Kier alpha value is 0.400. The molecule has 0 aromatic rings. The van der Waals surface area contributed by atoms with Gasteiger partial charge in [0.1, 0.15) is 0 Å². The maximum absolute atomic E-state index is 10.2. The van der Waals surface area contributed by atoms with Gasteiger partial charge >= 0.3 is 0 Å². The Balaban J connectivity index is 1.93. The third-order valence-corrected chi connectivity index (χ3v) is 6.35. The number of halogens is 1. The smallest absolute Gasteiger partial charge is 0.0632 e. The highest BCUT2D eigenvalue weighted by Crippen LogP contribution is 2.38. The summed E-state index contributed by atoms with van der Waals surface area (Å²) < 4.78 is 0. The van der Waals surface area contributed by atoms with Gasteiger partial charge in [0.05, 0.1) is 5.60 Å². The number of rotatable bonds is 3. The first-order valence-electron chi connectivity index (χ1n) is 8.06. The first-order valence-corrected chi connectivity index (χ1v) is 9.18. The zero-order valence-corrected chi connectivity index (χ0v) is 14.1. The van der Waals surface area contributed by atoms with Crippen molar-refractivity contribution in [3.63, 3.8) is 0 Å². The van der Waals surface area contributed by atoms with Gasteiger partial charge in [-0.15, -0.1) is 0 Å². The molecule has 0 bridgehead atoms. The van der Waals surface area contributed by atoms with Crippen molar-refractivity contribution < 1.29 is 5.11 Å². The molecule has 1 aliphatic heterocycles. The largest absolute Gasteiger partial charge is 0.390 e. The Kier molecular flexibility index (Phi) is 5.74. The Bertz CT molecular complexity index is 272. The lowest BCUT2D eigenvalue weighted by molar-refractivity contribution is 0.0427. The van der Waals surface area contributed by atoms with Gasteiger partial charge in [0.2, 0.25) is 0 Å². The van der Waals surface area contributed by atoms with Gasteiger partial charge in [0.25, 0.3) is 0 Å². The third-order valence-electron chi connectivity index (χ3n) is 5.16. The van der Waals surface area contributed by atoms with Gasteiger partial charge in [-0.2, -0.15) is 0 Å². The molecule has 1 saturated heterocycles. The molecule has 1 N–H and O–H groups in total. The fourth-order valence-electron chi connectivity index (χ4n) is 3.76. The molecule has 2 rings (SSSR count). The van der Waals surface area contributed by atoms with Crippen molar-refractivity contribution in [2.75, 3.05) is 25.0 Å². The van der Waals surface area contributed by atoms with E-state index in [9.17, 15) is 5.11 Å². The Morgan fingerprint density at radius 1 is 0.947 bits per heavy atom.